The fourth-order valence-electron chi connectivity index (χ4n) is 1.43. The van der Waals surface area contributed by atoms with Crippen molar-refractivity contribution in [2.75, 3.05) is 4.43 Å². The summed E-state index contributed by atoms with van der Waals surface area (Å²) in [5, 5.41) is 0. The van der Waals surface area contributed by atoms with Gasteiger partial charge in [0.15, 0.2) is 6.23 Å². The van der Waals surface area contributed by atoms with Crippen LogP contribution in [0, 0.1) is 3.57 Å². The molecule has 1 aliphatic rings. The average molecular weight is 446 g/mol. The van der Waals surface area contributed by atoms with Gasteiger partial charge in [-0.05, 0) is 28.7 Å². The Balaban J connectivity index is 2.33. The molecule has 7 heteroatoms. The number of nitrogens with one attached hydrogen (secondary N) is 1. The first-order valence-corrected chi connectivity index (χ1v) is 7.15. The fourth-order valence-corrected chi connectivity index (χ4v) is 2.36. The van der Waals surface area contributed by atoms with Gasteiger partial charge in [0.25, 0.3) is 5.56 Å². The summed E-state index contributed by atoms with van der Waals surface area (Å²) < 4.78 is 8.24. The fraction of sp³-hybridized carbons (Fsp3) is 0.333. The van der Waals surface area contributed by atoms with Gasteiger partial charge < -0.3 is 4.74 Å². The second-order valence-electron chi connectivity index (χ2n) is 3.26. The highest BCUT2D eigenvalue weighted by Gasteiger charge is 2.20. The second-order valence-corrected chi connectivity index (χ2v) is 5.18. The molecule has 0 unspecified atom stereocenters. The Kier molecular flexibility index (Phi) is 3.72. The van der Waals surface area contributed by atoms with Crippen LogP contribution in [0.2, 0.25) is 0 Å². The topological polar surface area (TPSA) is 64.1 Å². The van der Waals surface area contributed by atoms with Crippen molar-refractivity contribution in [3.8, 4) is 0 Å². The molecule has 0 saturated heterocycles. The van der Waals surface area contributed by atoms with Crippen LogP contribution in [0.1, 0.15) is 12.6 Å². The highest BCUT2D eigenvalue weighted by Crippen LogP contribution is 2.25. The van der Waals surface area contributed by atoms with Crippen molar-refractivity contribution in [3.63, 3.8) is 0 Å². The lowest BCUT2D eigenvalue weighted by Crippen LogP contribution is -2.33. The summed E-state index contributed by atoms with van der Waals surface area (Å²) in [6, 6.07) is 0. The van der Waals surface area contributed by atoms with E-state index in [1.165, 1.54) is 10.8 Å². The molecule has 16 heavy (non-hydrogen) atoms. The summed E-state index contributed by atoms with van der Waals surface area (Å²) in [7, 11) is 0. The third-order valence-corrected chi connectivity index (χ3v) is 3.72. The minimum Gasteiger partial charge on any atom is -0.474 e. The van der Waals surface area contributed by atoms with Crippen LogP contribution in [0.3, 0.4) is 0 Å². The van der Waals surface area contributed by atoms with Crippen LogP contribution in [0.5, 0.6) is 0 Å². The predicted molar refractivity (Wildman–Crippen MR) is 75.7 cm³/mol. The smallest absolute Gasteiger partial charge is 0.331 e. The van der Waals surface area contributed by atoms with Crippen molar-refractivity contribution in [1.29, 1.82) is 0 Å². The van der Waals surface area contributed by atoms with E-state index in [0.717, 1.165) is 10.2 Å². The minimum absolute atomic E-state index is 0.331. The number of alkyl halides is 1. The molecule has 0 amide bonds. The van der Waals surface area contributed by atoms with Crippen LogP contribution >= 0.6 is 45.2 Å². The van der Waals surface area contributed by atoms with Crippen molar-refractivity contribution in [2.45, 2.75) is 12.6 Å². The normalized spacial score (nSPS) is 19.4. The molecule has 0 fully saturated rings. The number of halogens is 2. The van der Waals surface area contributed by atoms with E-state index in [0.29, 0.717) is 9.99 Å². The SMILES string of the molecule is O=c1[nH]c(=O)n([C@H]2CC=C(CI)O2)cc1I. The van der Waals surface area contributed by atoms with Crippen LogP contribution < -0.4 is 11.2 Å². The summed E-state index contributed by atoms with van der Waals surface area (Å²) >= 11 is 4.09. The van der Waals surface area contributed by atoms with E-state index in [2.05, 4.69) is 27.6 Å². The summed E-state index contributed by atoms with van der Waals surface area (Å²) in [5.74, 6) is 0.874. The molecule has 1 aromatic heterocycles. The second kappa shape index (κ2) is 4.90. The molecule has 1 aliphatic heterocycles. The van der Waals surface area contributed by atoms with Gasteiger partial charge in [0.1, 0.15) is 5.76 Å². The van der Waals surface area contributed by atoms with Crippen molar-refractivity contribution < 1.29 is 4.74 Å². The molecule has 86 valence electrons. The predicted octanol–water partition coefficient (Wildman–Crippen LogP) is 1.38. The number of aromatic nitrogens is 2. The van der Waals surface area contributed by atoms with Gasteiger partial charge >= 0.3 is 5.69 Å². The molecule has 5 nitrogen and oxygen atoms in total. The van der Waals surface area contributed by atoms with Gasteiger partial charge in [0.05, 0.1) is 8.00 Å². The zero-order valence-corrected chi connectivity index (χ0v) is 12.4. The molecule has 0 saturated carbocycles. The van der Waals surface area contributed by atoms with E-state index < -0.39 is 5.69 Å². The molecule has 1 atom stereocenters. The summed E-state index contributed by atoms with van der Waals surface area (Å²) in [6.45, 7) is 0. The number of H-pyrrole nitrogens is 1. The molecule has 0 radical (unpaired) electrons. The van der Waals surface area contributed by atoms with E-state index >= 15 is 0 Å². The van der Waals surface area contributed by atoms with Crippen LogP contribution in [0.15, 0.2) is 27.6 Å². The van der Waals surface area contributed by atoms with Crippen LogP contribution in [0.25, 0.3) is 0 Å². The Bertz CT molecular complexity index is 546. The Morgan fingerprint density at radius 3 is 2.94 bits per heavy atom. The third-order valence-electron chi connectivity index (χ3n) is 2.20. The number of aromatic amines is 1. The average Bonchev–Trinajstić information content (AvgIpc) is 2.71. The number of rotatable bonds is 2. The van der Waals surface area contributed by atoms with E-state index in [1.54, 1.807) is 0 Å². The number of hydrogen-bond acceptors (Lipinski definition) is 3. The maximum Gasteiger partial charge on any atom is 0.331 e. The van der Waals surface area contributed by atoms with Crippen molar-refractivity contribution in [1.82, 2.24) is 9.55 Å². The maximum atomic E-state index is 11.6. The van der Waals surface area contributed by atoms with Crippen molar-refractivity contribution in [3.05, 3.63) is 42.4 Å². The standard InChI is InChI=1S/C9H8I2N2O3/c10-3-5-1-2-7(16-5)13-4-6(11)8(14)12-9(13)15/h1,4,7H,2-3H2,(H,12,14,15)/t7-/m1/s1. The Labute approximate surface area is 118 Å². The molecule has 2 rings (SSSR count). The third kappa shape index (κ3) is 2.34. The van der Waals surface area contributed by atoms with E-state index in [4.69, 9.17) is 4.74 Å². The monoisotopic (exact) mass is 446 g/mol. The van der Waals surface area contributed by atoms with Gasteiger partial charge in [-0.3, -0.25) is 14.3 Å². The zero-order valence-electron chi connectivity index (χ0n) is 8.07. The van der Waals surface area contributed by atoms with Gasteiger partial charge in [0, 0.05) is 12.6 Å². The van der Waals surface area contributed by atoms with Crippen LogP contribution in [-0.2, 0) is 4.74 Å². The Morgan fingerprint density at radius 1 is 1.56 bits per heavy atom. The van der Waals surface area contributed by atoms with E-state index in [1.807, 2.05) is 28.7 Å². The molecular formula is C9H8I2N2O3. The Hall–Kier alpha value is -0.320. The summed E-state index contributed by atoms with van der Waals surface area (Å²) in [5.41, 5.74) is -0.791. The quantitative estimate of drug-likeness (QED) is 0.552. The van der Waals surface area contributed by atoms with Gasteiger partial charge in [-0.25, -0.2) is 4.79 Å². The molecule has 0 bridgehead atoms. The van der Waals surface area contributed by atoms with E-state index in [9.17, 15) is 9.59 Å². The molecule has 0 aliphatic carbocycles. The number of allylic oxidation sites excluding steroid dienone is 1. The number of nitrogens with zero attached hydrogens (tertiary/aromatic N) is 1. The summed E-state index contributed by atoms with van der Waals surface area (Å²) in [4.78, 5) is 25.0. The van der Waals surface area contributed by atoms with Crippen molar-refractivity contribution in [2.24, 2.45) is 0 Å². The highest BCUT2D eigenvalue weighted by molar-refractivity contribution is 14.1. The Morgan fingerprint density at radius 2 is 2.31 bits per heavy atom. The molecule has 1 aromatic rings. The molecule has 0 spiro atoms. The number of hydrogen-bond donors (Lipinski definition) is 1. The van der Waals surface area contributed by atoms with E-state index in [-0.39, 0.29) is 11.8 Å². The van der Waals surface area contributed by atoms with Gasteiger partial charge in [-0.15, -0.1) is 0 Å². The molecular weight excluding hydrogens is 438 g/mol. The van der Waals surface area contributed by atoms with Crippen molar-refractivity contribution >= 4 is 45.2 Å². The highest BCUT2D eigenvalue weighted by atomic mass is 127. The lowest BCUT2D eigenvalue weighted by molar-refractivity contribution is 0.0805. The van der Waals surface area contributed by atoms with Crippen LogP contribution in [0.4, 0.5) is 0 Å². The first kappa shape index (κ1) is 12.1. The molecule has 0 aromatic carbocycles. The molecule has 1 N–H and O–H groups in total. The minimum atomic E-state index is -0.432. The van der Waals surface area contributed by atoms with Gasteiger partial charge in [-0.1, -0.05) is 22.6 Å². The van der Waals surface area contributed by atoms with Gasteiger partial charge in [-0.2, -0.15) is 0 Å². The molecule has 2 heterocycles. The maximum absolute atomic E-state index is 11.6. The largest absolute Gasteiger partial charge is 0.474 e. The number of ether oxygens (including phenoxy) is 1. The first-order valence-electron chi connectivity index (χ1n) is 4.54. The van der Waals surface area contributed by atoms with Gasteiger partial charge in [0.2, 0.25) is 0 Å². The lowest BCUT2D eigenvalue weighted by atomic mass is 10.4. The summed E-state index contributed by atoms with van der Waals surface area (Å²) in [6.07, 6.45) is 3.81. The first-order chi connectivity index (χ1) is 7.61. The zero-order chi connectivity index (χ0) is 11.7. The lowest BCUT2D eigenvalue weighted by Gasteiger charge is -2.15. The van der Waals surface area contributed by atoms with Crippen LogP contribution in [-0.4, -0.2) is 14.0 Å².